The second-order valence-corrected chi connectivity index (χ2v) is 4.03. The van der Waals surface area contributed by atoms with Crippen LogP contribution in [0.4, 0.5) is 0 Å². The third kappa shape index (κ3) is 3.37. The van der Waals surface area contributed by atoms with Gasteiger partial charge in [-0.05, 0) is 32.1 Å². The summed E-state index contributed by atoms with van der Waals surface area (Å²) in [5.74, 6) is 0.0966. The number of rotatable bonds is 4. The topological polar surface area (TPSA) is 26.3 Å². The lowest BCUT2D eigenvalue weighted by atomic mass is 10.1. The highest BCUT2D eigenvalue weighted by Crippen LogP contribution is 2.22. The molecule has 2 nitrogen and oxygen atoms in total. The van der Waals surface area contributed by atoms with Crippen molar-refractivity contribution in [3.05, 3.63) is 0 Å². The lowest BCUT2D eigenvalue weighted by Gasteiger charge is -2.15. The predicted molar refractivity (Wildman–Crippen MR) is 52.4 cm³/mol. The van der Waals surface area contributed by atoms with Gasteiger partial charge in [-0.1, -0.05) is 20.3 Å². The van der Waals surface area contributed by atoms with Gasteiger partial charge >= 0.3 is 5.97 Å². The molecule has 2 heteroatoms. The molecular formula is C11H20O2. The van der Waals surface area contributed by atoms with E-state index < -0.39 is 0 Å². The largest absolute Gasteiger partial charge is 0.462 e. The highest BCUT2D eigenvalue weighted by Gasteiger charge is 2.21. The molecule has 0 aromatic rings. The Morgan fingerprint density at radius 1 is 1.46 bits per heavy atom. The standard InChI is InChI=1S/C11H20O2/c1-3-6-9(2)11(12)13-10-7-4-5-8-10/h9-10H,3-8H2,1-2H3/t9-/m0/s1. The first-order chi connectivity index (χ1) is 6.24. The molecule has 13 heavy (non-hydrogen) atoms. The van der Waals surface area contributed by atoms with Crippen LogP contribution in [-0.2, 0) is 9.53 Å². The summed E-state index contributed by atoms with van der Waals surface area (Å²) >= 11 is 0. The molecule has 1 saturated carbocycles. The van der Waals surface area contributed by atoms with E-state index in [0.29, 0.717) is 0 Å². The maximum atomic E-state index is 11.5. The molecule has 0 amide bonds. The van der Waals surface area contributed by atoms with E-state index in [1.165, 1.54) is 12.8 Å². The van der Waals surface area contributed by atoms with Gasteiger partial charge in [-0.25, -0.2) is 0 Å². The third-order valence-corrected chi connectivity index (χ3v) is 2.71. The Morgan fingerprint density at radius 3 is 2.62 bits per heavy atom. The Labute approximate surface area is 80.7 Å². The zero-order valence-electron chi connectivity index (χ0n) is 8.71. The average molecular weight is 184 g/mol. The first-order valence-corrected chi connectivity index (χ1v) is 5.44. The maximum Gasteiger partial charge on any atom is 0.308 e. The van der Waals surface area contributed by atoms with Gasteiger partial charge in [0, 0.05) is 0 Å². The van der Waals surface area contributed by atoms with Crippen LogP contribution in [-0.4, -0.2) is 12.1 Å². The predicted octanol–water partition coefficient (Wildman–Crippen LogP) is 2.91. The van der Waals surface area contributed by atoms with Crippen molar-refractivity contribution in [3.63, 3.8) is 0 Å². The van der Waals surface area contributed by atoms with Crippen molar-refractivity contribution in [2.75, 3.05) is 0 Å². The summed E-state index contributed by atoms with van der Waals surface area (Å²) in [4.78, 5) is 11.5. The van der Waals surface area contributed by atoms with E-state index in [2.05, 4.69) is 6.92 Å². The van der Waals surface area contributed by atoms with E-state index in [1.54, 1.807) is 0 Å². The number of hydrogen-bond donors (Lipinski definition) is 0. The van der Waals surface area contributed by atoms with Crippen LogP contribution in [0.25, 0.3) is 0 Å². The van der Waals surface area contributed by atoms with E-state index in [0.717, 1.165) is 25.7 Å². The van der Waals surface area contributed by atoms with Gasteiger partial charge in [-0.2, -0.15) is 0 Å². The summed E-state index contributed by atoms with van der Waals surface area (Å²) in [7, 11) is 0. The van der Waals surface area contributed by atoms with Crippen LogP contribution in [0.1, 0.15) is 52.4 Å². The summed E-state index contributed by atoms with van der Waals surface area (Å²) in [6, 6.07) is 0. The molecule has 0 aliphatic heterocycles. The van der Waals surface area contributed by atoms with Crippen LogP contribution in [0.2, 0.25) is 0 Å². The molecule has 1 aliphatic carbocycles. The number of hydrogen-bond acceptors (Lipinski definition) is 2. The normalized spacial score (nSPS) is 20.2. The van der Waals surface area contributed by atoms with E-state index in [4.69, 9.17) is 4.74 Å². The minimum absolute atomic E-state index is 0.00810. The molecule has 0 aromatic heterocycles. The molecule has 0 unspecified atom stereocenters. The smallest absolute Gasteiger partial charge is 0.308 e. The molecular weight excluding hydrogens is 164 g/mol. The number of ether oxygens (including phenoxy) is 1. The van der Waals surface area contributed by atoms with Crippen LogP contribution in [0.3, 0.4) is 0 Å². The molecule has 1 aliphatic rings. The molecule has 0 heterocycles. The van der Waals surface area contributed by atoms with Crippen LogP contribution >= 0.6 is 0 Å². The molecule has 0 bridgehead atoms. The molecule has 1 atom stereocenters. The second-order valence-electron chi connectivity index (χ2n) is 4.03. The van der Waals surface area contributed by atoms with Crippen molar-refractivity contribution in [3.8, 4) is 0 Å². The zero-order valence-corrected chi connectivity index (χ0v) is 8.71. The summed E-state index contributed by atoms with van der Waals surface area (Å²) in [5, 5.41) is 0. The summed E-state index contributed by atoms with van der Waals surface area (Å²) in [6.45, 7) is 4.06. The highest BCUT2D eigenvalue weighted by molar-refractivity contribution is 5.72. The highest BCUT2D eigenvalue weighted by atomic mass is 16.5. The quantitative estimate of drug-likeness (QED) is 0.628. The van der Waals surface area contributed by atoms with Gasteiger partial charge < -0.3 is 4.74 Å². The fourth-order valence-corrected chi connectivity index (χ4v) is 1.84. The second kappa shape index (κ2) is 5.25. The zero-order chi connectivity index (χ0) is 9.68. The van der Waals surface area contributed by atoms with Gasteiger partial charge in [0.05, 0.1) is 5.92 Å². The van der Waals surface area contributed by atoms with Gasteiger partial charge in [-0.3, -0.25) is 4.79 Å². The Morgan fingerprint density at radius 2 is 2.08 bits per heavy atom. The van der Waals surface area contributed by atoms with Crippen LogP contribution < -0.4 is 0 Å². The number of carbonyl (C=O) groups excluding carboxylic acids is 1. The summed E-state index contributed by atoms with van der Waals surface area (Å²) < 4.78 is 5.39. The molecule has 0 aromatic carbocycles. The lowest BCUT2D eigenvalue weighted by molar-refractivity contribution is -0.153. The molecule has 0 saturated heterocycles. The molecule has 0 radical (unpaired) electrons. The van der Waals surface area contributed by atoms with Gasteiger partial charge in [0.2, 0.25) is 0 Å². The lowest BCUT2D eigenvalue weighted by Crippen LogP contribution is -2.20. The summed E-state index contributed by atoms with van der Waals surface area (Å²) in [5.41, 5.74) is 0. The molecule has 76 valence electrons. The van der Waals surface area contributed by atoms with Gasteiger partial charge in [-0.15, -0.1) is 0 Å². The van der Waals surface area contributed by atoms with Crippen molar-refractivity contribution < 1.29 is 9.53 Å². The number of carbonyl (C=O) groups is 1. The van der Waals surface area contributed by atoms with Crippen molar-refractivity contribution in [1.29, 1.82) is 0 Å². The average Bonchev–Trinajstić information content (AvgIpc) is 2.57. The van der Waals surface area contributed by atoms with Crippen LogP contribution in [0.5, 0.6) is 0 Å². The van der Waals surface area contributed by atoms with E-state index in [-0.39, 0.29) is 18.0 Å². The Balaban J connectivity index is 2.22. The summed E-state index contributed by atoms with van der Waals surface area (Å²) in [6.07, 6.45) is 6.83. The Bertz CT molecular complexity index is 159. The van der Waals surface area contributed by atoms with E-state index in [9.17, 15) is 4.79 Å². The van der Waals surface area contributed by atoms with Crippen molar-refractivity contribution in [2.24, 2.45) is 5.92 Å². The Kier molecular flexibility index (Phi) is 4.26. The number of esters is 1. The molecule has 0 spiro atoms. The monoisotopic (exact) mass is 184 g/mol. The first-order valence-electron chi connectivity index (χ1n) is 5.44. The Hall–Kier alpha value is -0.530. The van der Waals surface area contributed by atoms with Crippen LogP contribution in [0, 0.1) is 5.92 Å². The van der Waals surface area contributed by atoms with Gasteiger partial charge in [0.25, 0.3) is 0 Å². The van der Waals surface area contributed by atoms with Gasteiger partial charge in [0.15, 0.2) is 0 Å². The third-order valence-electron chi connectivity index (χ3n) is 2.71. The van der Waals surface area contributed by atoms with E-state index in [1.807, 2.05) is 6.92 Å². The van der Waals surface area contributed by atoms with Crippen molar-refractivity contribution in [1.82, 2.24) is 0 Å². The van der Waals surface area contributed by atoms with Crippen LogP contribution in [0.15, 0.2) is 0 Å². The van der Waals surface area contributed by atoms with Gasteiger partial charge in [0.1, 0.15) is 6.10 Å². The van der Waals surface area contributed by atoms with Crippen molar-refractivity contribution >= 4 is 5.97 Å². The van der Waals surface area contributed by atoms with Crippen molar-refractivity contribution in [2.45, 2.75) is 58.5 Å². The fourth-order valence-electron chi connectivity index (χ4n) is 1.84. The molecule has 1 rings (SSSR count). The maximum absolute atomic E-state index is 11.5. The van der Waals surface area contributed by atoms with E-state index >= 15 is 0 Å². The first kappa shape index (κ1) is 10.6. The molecule has 1 fully saturated rings. The molecule has 0 N–H and O–H groups in total. The minimum atomic E-state index is 0.00810. The SMILES string of the molecule is CCC[C@H](C)C(=O)OC1CCCC1. The fraction of sp³-hybridized carbons (Fsp3) is 0.909. The minimum Gasteiger partial charge on any atom is -0.462 e.